The lowest BCUT2D eigenvalue weighted by Gasteiger charge is -2.38. The standard InChI is InChI=1S/C9H20N2/c1-8(7-10-2)11(3)9-5-4-6-9/h8-10H,4-7H2,1-3H3. The molecule has 0 saturated heterocycles. The van der Waals surface area contributed by atoms with Gasteiger partial charge in [-0.1, -0.05) is 6.42 Å². The molecule has 0 aliphatic heterocycles. The number of likely N-dealkylation sites (N-methyl/N-ethyl adjacent to an activating group) is 2. The molecule has 1 rings (SSSR count). The van der Waals surface area contributed by atoms with Crippen molar-refractivity contribution in [2.75, 3.05) is 20.6 Å². The average molecular weight is 156 g/mol. The van der Waals surface area contributed by atoms with Gasteiger partial charge in [-0.05, 0) is 33.9 Å². The molecule has 11 heavy (non-hydrogen) atoms. The molecule has 0 bridgehead atoms. The summed E-state index contributed by atoms with van der Waals surface area (Å²) in [6.07, 6.45) is 4.25. The van der Waals surface area contributed by atoms with E-state index in [4.69, 9.17) is 0 Å². The zero-order chi connectivity index (χ0) is 8.27. The van der Waals surface area contributed by atoms with Crippen LogP contribution >= 0.6 is 0 Å². The second-order valence-corrected chi connectivity index (χ2v) is 3.66. The third-order valence-corrected chi connectivity index (χ3v) is 2.85. The van der Waals surface area contributed by atoms with Crippen LogP contribution in [0.15, 0.2) is 0 Å². The van der Waals surface area contributed by atoms with E-state index in [0.29, 0.717) is 6.04 Å². The second kappa shape index (κ2) is 4.07. The highest BCUT2D eigenvalue weighted by atomic mass is 15.2. The Balaban J connectivity index is 2.21. The fourth-order valence-electron chi connectivity index (χ4n) is 1.59. The molecule has 2 heteroatoms. The summed E-state index contributed by atoms with van der Waals surface area (Å²) in [6, 6.07) is 1.56. The lowest BCUT2D eigenvalue weighted by atomic mass is 9.91. The molecule has 2 nitrogen and oxygen atoms in total. The number of nitrogens with zero attached hydrogens (tertiary/aromatic N) is 1. The molecule has 1 aliphatic carbocycles. The highest BCUT2D eigenvalue weighted by molar-refractivity contribution is 4.81. The van der Waals surface area contributed by atoms with Crippen LogP contribution in [0.2, 0.25) is 0 Å². The maximum Gasteiger partial charge on any atom is 0.0192 e. The van der Waals surface area contributed by atoms with Gasteiger partial charge in [0.15, 0.2) is 0 Å². The highest BCUT2D eigenvalue weighted by Crippen LogP contribution is 2.24. The quantitative estimate of drug-likeness (QED) is 0.655. The van der Waals surface area contributed by atoms with Gasteiger partial charge in [0.2, 0.25) is 0 Å². The van der Waals surface area contributed by atoms with E-state index in [1.807, 2.05) is 7.05 Å². The predicted molar refractivity (Wildman–Crippen MR) is 48.8 cm³/mol. The summed E-state index contributed by atoms with van der Waals surface area (Å²) in [7, 11) is 4.26. The predicted octanol–water partition coefficient (Wildman–Crippen LogP) is 1.08. The average Bonchev–Trinajstić information content (AvgIpc) is 1.84. The molecule has 0 aromatic heterocycles. The van der Waals surface area contributed by atoms with Crippen molar-refractivity contribution in [1.29, 1.82) is 0 Å². The van der Waals surface area contributed by atoms with Crippen molar-refractivity contribution in [2.24, 2.45) is 0 Å². The van der Waals surface area contributed by atoms with Crippen LogP contribution in [-0.4, -0.2) is 37.6 Å². The summed E-state index contributed by atoms with van der Waals surface area (Å²) >= 11 is 0. The fraction of sp³-hybridized carbons (Fsp3) is 1.00. The first-order valence-corrected chi connectivity index (χ1v) is 4.62. The zero-order valence-corrected chi connectivity index (χ0v) is 7.93. The van der Waals surface area contributed by atoms with Gasteiger partial charge in [0, 0.05) is 18.6 Å². The number of hydrogen-bond acceptors (Lipinski definition) is 2. The molecule has 1 aliphatic rings. The van der Waals surface area contributed by atoms with E-state index >= 15 is 0 Å². The SMILES string of the molecule is CNCC(C)N(C)C1CCC1. The molecule has 0 aromatic carbocycles. The van der Waals surface area contributed by atoms with Gasteiger partial charge in [0.1, 0.15) is 0 Å². The summed E-state index contributed by atoms with van der Waals surface area (Å²) < 4.78 is 0. The third-order valence-electron chi connectivity index (χ3n) is 2.85. The van der Waals surface area contributed by atoms with Gasteiger partial charge in [-0.2, -0.15) is 0 Å². The van der Waals surface area contributed by atoms with Crippen molar-refractivity contribution in [3.05, 3.63) is 0 Å². The summed E-state index contributed by atoms with van der Waals surface area (Å²) in [5, 5.41) is 3.21. The van der Waals surface area contributed by atoms with Gasteiger partial charge >= 0.3 is 0 Å². The van der Waals surface area contributed by atoms with E-state index < -0.39 is 0 Å². The fourth-order valence-corrected chi connectivity index (χ4v) is 1.59. The van der Waals surface area contributed by atoms with Crippen LogP contribution in [0.3, 0.4) is 0 Å². The highest BCUT2D eigenvalue weighted by Gasteiger charge is 2.24. The Morgan fingerprint density at radius 3 is 2.55 bits per heavy atom. The molecular formula is C9H20N2. The van der Waals surface area contributed by atoms with E-state index in [2.05, 4.69) is 24.2 Å². The molecule has 0 radical (unpaired) electrons. The molecule has 1 N–H and O–H groups in total. The molecule has 0 heterocycles. The van der Waals surface area contributed by atoms with Crippen LogP contribution in [0.1, 0.15) is 26.2 Å². The van der Waals surface area contributed by atoms with Gasteiger partial charge in [0.05, 0.1) is 0 Å². The van der Waals surface area contributed by atoms with Crippen LogP contribution in [0, 0.1) is 0 Å². The number of hydrogen-bond donors (Lipinski definition) is 1. The molecule has 0 aromatic rings. The maximum atomic E-state index is 3.21. The molecule has 0 spiro atoms. The molecule has 0 amide bonds. The lowest BCUT2D eigenvalue weighted by molar-refractivity contribution is 0.118. The van der Waals surface area contributed by atoms with Crippen LogP contribution in [-0.2, 0) is 0 Å². The Bertz CT molecular complexity index is 110. The first-order chi connectivity index (χ1) is 5.25. The van der Waals surface area contributed by atoms with Crippen molar-refractivity contribution in [2.45, 2.75) is 38.3 Å². The van der Waals surface area contributed by atoms with Gasteiger partial charge in [0.25, 0.3) is 0 Å². The maximum absolute atomic E-state index is 3.21. The van der Waals surface area contributed by atoms with Gasteiger partial charge < -0.3 is 5.32 Å². The lowest BCUT2D eigenvalue weighted by Crippen LogP contribution is -2.46. The molecule has 1 fully saturated rings. The monoisotopic (exact) mass is 156 g/mol. The first-order valence-electron chi connectivity index (χ1n) is 4.62. The van der Waals surface area contributed by atoms with Crippen molar-refractivity contribution in [3.63, 3.8) is 0 Å². The Kier molecular flexibility index (Phi) is 3.34. The number of rotatable bonds is 4. The van der Waals surface area contributed by atoms with Crippen molar-refractivity contribution >= 4 is 0 Å². The first kappa shape index (κ1) is 9.01. The van der Waals surface area contributed by atoms with E-state index in [0.717, 1.165) is 12.6 Å². The summed E-state index contributed by atoms with van der Waals surface area (Å²) in [4.78, 5) is 2.50. The Morgan fingerprint density at radius 1 is 1.55 bits per heavy atom. The van der Waals surface area contributed by atoms with E-state index in [1.54, 1.807) is 0 Å². The topological polar surface area (TPSA) is 15.3 Å². The van der Waals surface area contributed by atoms with Gasteiger partial charge in [-0.3, -0.25) is 4.90 Å². The smallest absolute Gasteiger partial charge is 0.0192 e. The Hall–Kier alpha value is -0.0800. The molecule has 1 saturated carbocycles. The summed E-state index contributed by atoms with van der Waals surface area (Å²) in [5.74, 6) is 0. The molecule has 1 atom stereocenters. The van der Waals surface area contributed by atoms with Gasteiger partial charge in [-0.25, -0.2) is 0 Å². The minimum absolute atomic E-state index is 0.685. The molecular weight excluding hydrogens is 136 g/mol. The normalized spacial score (nSPS) is 21.8. The van der Waals surface area contributed by atoms with E-state index in [1.165, 1.54) is 19.3 Å². The van der Waals surface area contributed by atoms with Gasteiger partial charge in [-0.15, -0.1) is 0 Å². The second-order valence-electron chi connectivity index (χ2n) is 3.66. The summed E-state index contributed by atoms with van der Waals surface area (Å²) in [6.45, 7) is 3.39. The molecule has 1 unspecified atom stereocenters. The van der Waals surface area contributed by atoms with E-state index in [9.17, 15) is 0 Å². The Morgan fingerprint density at radius 2 is 2.18 bits per heavy atom. The largest absolute Gasteiger partial charge is 0.318 e. The minimum atomic E-state index is 0.685. The minimum Gasteiger partial charge on any atom is -0.318 e. The third kappa shape index (κ3) is 2.17. The van der Waals surface area contributed by atoms with Crippen LogP contribution in [0.4, 0.5) is 0 Å². The zero-order valence-electron chi connectivity index (χ0n) is 7.93. The van der Waals surface area contributed by atoms with E-state index in [-0.39, 0.29) is 0 Å². The van der Waals surface area contributed by atoms with Crippen molar-refractivity contribution in [3.8, 4) is 0 Å². The molecule has 66 valence electrons. The Labute approximate surface area is 70.0 Å². The number of nitrogens with one attached hydrogen (secondary N) is 1. The van der Waals surface area contributed by atoms with Crippen LogP contribution < -0.4 is 5.32 Å². The van der Waals surface area contributed by atoms with Crippen molar-refractivity contribution < 1.29 is 0 Å². The summed E-state index contributed by atoms with van der Waals surface area (Å²) in [5.41, 5.74) is 0. The van der Waals surface area contributed by atoms with Crippen molar-refractivity contribution in [1.82, 2.24) is 10.2 Å². The van der Waals surface area contributed by atoms with Crippen LogP contribution in [0.5, 0.6) is 0 Å². The van der Waals surface area contributed by atoms with Crippen LogP contribution in [0.25, 0.3) is 0 Å².